The number of imide groups is 1. The van der Waals surface area contributed by atoms with E-state index in [0.717, 1.165) is 56.9 Å². The molecule has 9 rings (SSSR count). The number of benzene rings is 2. The molecule has 4 saturated heterocycles. The van der Waals surface area contributed by atoms with Crippen molar-refractivity contribution < 1.29 is 33.0 Å². The Bertz CT molecular complexity index is 2160. The zero-order valence-electron chi connectivity index (χ0n) is 31.1. The molecule has 1 aromatic heterocycles. The number of phenols is 1. The molecule has 2 unspecified atom stereocenters. The van der Waals surface area contributed by atoms with Gasteiger partial charge in [0.1, 0.15) is 11.8 Å². The van der Waals surface area contributed by atoms with Gasteiger partial charge in [0, 0.05) is 74.6 Å². The highest BCUT2D eigenvalue weighted by Gasteiger charge is 2.45. The number of piperazine rings is 1. The molecule has 6 aliphatic rings. The molecule has 7 heterocycles. The van der Waals surface area contributed by atoms with Crippen LogP contribution in [0.1, 0.15) is 60.7 Å². The van der Waals surface area contributed by atoms with E-state index in [4.69, 9.17) is 0 Å². The number of fused-ring (bicyclic) bond motifs is 4. The summed E-state index contributed by atoms with van der Waals surface area (Å²) in [7, 11) is -3.48. The van der Waals surface area contributed by atoms with Crippen LogP contribution in [0.4, 0.5) is 17.2 Å². The molecule has 3 amide bonds. The SMILES string of the molecule is O=C1CCC(N2C(=O)c3cc(N4CCC(CN5CCC(S(=O)(=O)N6CCN7c8cc(-c9ccccc9O)nnc8NC[C@H]7C6)CC5)CC4)ccc3C2O)C(=O)N1. The number of sulfonamides is 1. The first kappa shape index (κ1) is 36.8. The number of hydrogen-bond acceptors (Lipinski definition) is 13. The van der Waals surface area contributed by atoms with Gasteiger partial charge in [0.25, 0.3) is 5.91 Å². The molecule has 56 heavy (non-hydrogen) atoms. The Morgan fingerprint density at radius 3 is 2.41 bits per heavy atom. The zero-order chi connectivity index (χ0) is 38.7. The molecule has 4 fully saturated rings. The standard InChI is InChI=1S/C39H47N9O7S/c49-34-4-2-1-3-29(34)31-20-33-36(43-42-31)40-21-26-23-46(17-18-47(26)33)56(54,55)27-11-13-44(14-12-27)22-24-9-15-45(16-10-24)25-5-6-28-30(19-25)39(53)48(38(28)52)32-7-8-35(50)41-37(32)51/h1-6,19-20,24,26-27,32,38,49,52H,7-18,21-23H2,(H,40,43)(H,41,50,51)/t26-,32?,38?/m0/s1. The number of carbonyl (C=O) groups excluding carboxylic acids is 3. The minimum Gasteiger partial charge on any atom is -0.507 e. The van der Waals surface area contributed by atoms with E-state index in [1.165, 1.54) is 4.90 Å². The van der Waals surface area contributed by atoms with E-state index in [2.05, 4.69) is 35.5 Å². The Morgan fingerprint density at radius 1 is 0.857 bits per heavy atom. The molecule has 3 aromatic rings. The lowest BCUT2D eigenvalue weighted by molar-refractivity contribution is -0.139. The number of aliphatic hydroxyl groups is 1. The molecule has 0 radical (unpaired) electrons. The van der Waals surface area contributed by atoms with Gasteiger partial charge in [-0.1, -0.05) is 18.2 Å². The number of para-hydroxylation sites is 1. The van der Waals surface area contributed by atoms with Gasteiger partial charge in [-0.3, -0.25) is 24.6 Å². The molecule has 2 aromatic carbocycles. The first-order valence-electron chi connectivity index (χ1n) is 19.7. The summed E-state index contributed by atoms with van der Waals surface area (Å²) in [6, 6.07) is 13.5. The maximum absolute atomic E-state index is 14.0. The van der Waals surface area contributed by atoms with Crippen molar-refractivity contribution in [2.75, 3.05) is 74.0 Å². The molecule has 0 aliphatic carbocycles. The Morgan fingerprint density at radius 2 is 1.64 bits per heavy atom. The third kappa shape index (κ3) is 6.63. The summed E-state index contributed by atoms with van der Waals surface area (Å²) in [6.45, 7) is 5.97. The maximum atomic E-state index is 14.0. The van der Waals surface area contributed by atoms with Crippen LogP contribution in [0.15, 0.2) is 48.5 Å². The number of phenolic OH excluding ortho intramolecular Hbond substituents is 1. The first-order valence-corrected chi connectivity index (χ1v) is 21.2. The van der Waals surface area contributed by atoms with E-state index in [1.54, 1.807) is 28.6 Å². The fraction of sp³-hybridized carbons (Fsp3) is 0.513. The van der Waals surface area contributed by atoms with E-state index in [1.807, 2.05) is 24.3 Å². The largest absolute Gasteiger partial charge is 0.507 e. The van der Waals surface area contributed by atoms with Crippen molar-refractivity contribution in [3.63, 3.8) is 0 Å². The fourth-order valence-corrected chi connectivity index (χ4v) is 11.4. The van der Waals surface area contributed by atoms with Crippen LogP contribution in [0.25, 0.3) is 11.3 Å². The second-order valence-corrected chi connectivity index (χ2v) is 18.1. The van der Waals surface area contributed by atoms with Gasteiger partial charge in [0.15, 0.2) is 12.0 Å². The van der Waals surface area contributed by atoms with Gasteiger partial charge in [-0.15, -0.1) is 10.2 Å². The number of likely N-dealkylation sites (tertiary alicyclic amines) is 1. The first-order chi connectivity index (χ1) is 27.0. The summed E-state index contributed by atoms with van der Waals surface area (Å²) >= 11 is 0. The molecule has 0 bridgehead atoms. The summed E-state index contributed by atoms with van der Waals surface area (Å²) in [5.74, 6) is -0.0656. The molecule has 17 heteroatoms. The number of hydrogen-bond donors (Lipinski definition) is 4. The highest BCUT2D eigenvalue weighted by atomic mass is 32.2. The van der Waals surface area contributed by atoms with Crippen LogP contribution in [0.3, 0.4) is 0 Å². The Kier molecular flexibility index (Phi) is 9.58. The van der Waals surface area contributed by atoms with Crippen molar-refractivity contribution in [2.45, 2.75) is 62.1 Å². The Balaban J connectivity index is 0.760. The van der Waals surface area contributed by atoms with E-state index in [0.29, 0.717) is 73.1 Å². The van der Waals surface area contributed by atoms with Gasteiger partial charge in [-0.05, 0) is 81.4 Å². The maximum Gasteiger partial charge on any atom is 0.257 e. The average molecular weight is 786 g/mol. The van der Waals surface area contributed by atoms with Gasteiger partial charge in [0.2, 0.25) is 21.8 Å². The van der Waals surface area contributed by atoms with Gasteiger partial charge in [-0.25, -0.2) is 8.42 Å². The number of nitrogens with one attached hydrogen (secondary N) is 2. The second kappa shape index (κ2) is 14.6. The predicted octanol–water partition coefficient (Wildman–Crippen LogP) is 1.73. The number of piperidine rings is 3. The van der Waals surface area contributed by atoms with Gasteiger partial charge in [0.05, 0.1) is 22.7 Å². The molecule has 296 valence electrons. The fourth-order valence-electron chi connectivity index (χ4n) is 9.46. The van der Waals surface area contributed by atoms with Crippen LogP contribution in [-0.4, -0.2) is 137 Å². The minimum atomic E-state index is -3.48. The monoisotopic (exact) mass is 785 g/mol. The number of amides is 3. The van der Waals surface area contributed by atoms with Crippen LogP contribution in [0.2, 0.25) is 0 Å². The van der Waals surface area contributed by atoms with Crippen LogP contribution >= 0.6 is 0 Å². The van der Waals surface area contributed by atoms with E-state index < -0.39 is 39.4 Å². The number of rotatable bonds is 7. The summed E-state index contributed by atoms with van der Waals surface area (Å²) in [5, 5.41) is 35.2. The highest BCUT2D eigenvalue weighted by Crippen LogP contribution is 2.39. The van der Waals surface area contributed by atoms with Crippen LogP contribution < -0.4 is 20.4 Å². The number of anilines is 3. The number of aliphatic hydroxyl groups excluding tert-OH is 1. The van der Waals surface area contributed by atoms with Gasteiger partial charge in [-0.2, -0.15) is 4.31 Å². The second-order valence-electron chi connectivity index (χ2n) is 15.9. The lowest BCUT2D eigenvalue weighted by Gasteiger charge is -2.46. The Hall–Kier alpha value is -4.84. The number of nitrogens with zero attached hydrogens (tertiary/aromatic N) is 7. The molecule has 16 nitrogen and oxygen atoms in total. The van der Waals surface area contributed by atoms with Gasteiger partial charge < -0.3 is 30.2 Å². The van der Waals surface area contributed by atoms with Crippen molar-refractivity contribution in [1.29, 1.82) is 0 Å². The van der Waals surface area contributed by atoms with Crippen LogP contribution in [-0.2, 0) is 19.6 Å². The van der Waals surface area contributed by atoms with E-state index >= 15 is 0 Å². The van der Waals surface area contributed by atoms with Crippen molar-refractivity contribution in [3.05, 3.63) is 59.7 Å². The molecule has 4 N–H and O–H groups in total. The van der Waals surface area contributed by atoms with Crippen molar-refractivity contribution in [2.24, 2.45) is 5.92 Å². The van der Waals surface area contributed by atoms with Gasteiger partial charge >= 0.3 is 0 Å². The third-order valence-electron chi connectivity index (χ3n) is 12.6. The lowest BCUT2D eigenvalue weighted by Crippen LogP contribution is -2.60. The third-order valence-corrected chi connectivity index (χ3v) is 15.0. The molecular formula is C39H47N9O7S. The summed E-state index contributed by atoms with van der Waals surface area (Å²) in [5.41, 5.74) is 3.79. The quantitative estimate of drug-likeness (QED) is 0.254. The average Bonchev–Trinajstić information content (AvgIpc) is 3.46. The minimum absolute atomic E-state index is 0.0465. The normalized spacial score (nSPS) is 25.4. The lowest BCUT2D eigenvalue weighted by atomic mass is 9.94. The molecular weight excluding hydrogens is 739 g/mol. The summed E-state index contributed by atoms with van der Waals surface area (Å²) in [4.78, 5) is 45.6. The van der Waals surface area contributed by atoms with Crippen LogP contribution in [0.5, 0.6) is 5.75 Å². The number of carbonyl (C=O) groups is 3. The van der Waals surface area contributed by atoms with E-state index in [-0.39, 0.29) is 30.5 Å². The number of aromatic nitrogens is 2. The zero-order valence-corrected chi connectivity index (χ0v) is 31.9. The molecule has 0 spiro atoms. The molecule has 3 atom stereocenters. The van der Waals surface area contributed by atoms with E-state index in [9.17, 15) is 33.0 Å². The topological polar surface area (TPSA) is 192 Å². The van der Waals surface area contributed by atoms with Crippen LogP contribution in [0, 0.1) is 5.92 Å². The molecule has 0 saturated carbocycles. The Labute approximate surface area is 325 Å². The van der Waals surface area contributed by atoms with Crippen molar-refractivity contribution >= 4 is 44.9 Å². The summed E-state index contributed by atoms with van der Waals surface area (Å²) < 4.78 is 29.7. The molecule has 6 aliphatic heterocycles. The predicted molar refractivity (Wildman–Crippen MR) is 207 cm³/mol. The van der Waals surface area contributed by atoms with Crippen molar-refractivity contribution in [3.8, 4) is 17.0 Å². The summed E-state index contributed by atoms with van der Waals surface area (Å²) in [6.07, 6.45) is 2.22. The smallest absolute Gasteiger partial charge is 0.257 e. The van der Waals surface area contributed by atoms with Crippen molar-refractivity contribution in [1.82, 2.24) is 29.6 Å². The number of aromatic hydroxyl groups is 1. The highest BCUT2D eigenvalue weighted by molar-refractivity contribution is 7.89.